The van der Waals surface area contributed by atoms with Crippen LogP contribution < -0.4 is 5.73 Å². The molecule has 1 amide bonds. The highest BCUT2D eigenvalue weighted by Gasteiger charge is 2.28. The topological polar surface area (TPSA) is 59.2 Å². The van der Waals surface area contributed by atoms with Gasteiger partial charge in [-0.05, 0) is 46.5 Å². The van der Waals surface area contributed by atoms with Crippen LogP contribution in [0.2, 0.25) is 0 Å². The molecule has 108 valence electrons. The van der Waals surface area contributed by atoms with Crippen LogP contribution in [0.3, 0.4) is 0 Å². The fraction of sp³-hybridized carbons (Fsp3) is 0.250. The molecule has 1 atom stereocenters. The van der Waals surface area contributed by atoms with Gasteiger partial charge in [0.1, 0.15) is 5.82 Å². The maximum Gasteiger partial charge on any atom is 0.255 e. The van der Waals surface area contributed by atoms with Crippen molar-refractivity contribution in [1.29, 1.82) is 0 Å². The molecule has 2 aromatic rings. The van der Waals surface area contributed by atoms with Gasteiger partial charge in [-0.25, -0.2) is 4.98 Å². The molecule has 5 heteroatoms. The lowest BCUT2D eigenvalue weighted by Gasteiger charge is -2.35. The predicted octanol–water partition coefficient (Wildman–Crippen LogP) is 3.19. The summed E-state index contributed by atoms with van der Waals surface area (Å²) in [6, 6.07) is 10.1. The lowest BCUT2D eigenvalue weighted by Crippen LogP contribution is -2.38. The van der Waals surface area contributed by atoms with E-state index < -0.39 is 0 Å². The number of carbonyl (C=O) groups is 1. The van der Waals surface area contributed by atoms with E-state index in [0.29, 0.717) is 15.9 Å². The minimum absolute atomic E-state index is 0.00907. The molecule has 2 heterocycles. The van der Waals surface area contributed by atoms with Crippen LogP contribution in [-0.4, -0.2) is 22.3 Å². The van der Waals surface area contributed by atoms with Crippen molar-refractivity contribution in [2.45, 2.75) is 19.4 Å². The summed E-state index contributed by atoms with van der Waals surface area (Å²) in [5, 5.41) is 0. The van der Waals surface area contributed by atoms with Gasteiger partial charge in [0.05, 0.1) is 16.1 Å². The molecule has 0 bridgehead atoms. The van der Waals surface area contributed by atoms with Gasteiger partial charge >= 0.3 is 0 Å². The summed E-state index contributed by atoms with van der Waals surface area (Å²) in [6.07, 6.45) is 2.42. The van der Waals surface area contributed by atoms with Crippen LogP contribution in [0.15, 0.2) is 41.0 Å². The first-order chi connectivity index (χ1) is 10.1. The molecule has 21 heavy (non-hydrogen) atoms. The Labute approximate surface area is 132 Å². The third kappa shape index (κ3) is 2.53. The number of nitrogens with zero attached hydrogens (tertiary/aromatic N) is 2. The standard InChI is InChI=1S/C16H16BrN3O/c1-10-13-5-3-2-4-11(13)6-7-20(10)16(21)12-8-14(17)15(18)19-9-12/h2-5,8-10H,6-7H2,1H3,(H2,18,19)/t10-/m1/s1. The lowest BCUT2D eigenvalue weighted by molar-refractivity contribution is 0.0677. The van der Waals surface area contributed by atoms with Crippen molar-refractivity contribution in [2.24, 2.45) is 0 Å². The Morgan fingerprint density at radius 3 is 2.95 bits per heavy atom. The van der Waals surface area contributed by atoms with Crippen LogP contribution in [-0.2, 0) is 6.42 Å². The Hall–Kier alpha value is -1.88. The summed E-state index contributed by atoms with van der Waals surface area (Å²) in [4.78, 5) is 18.6. The Bertz CT molecular complexity index is 702. The second-order valence-corrected chi connectivity index (χ2v) is 6.07. The van der Waals surface area contributed by atoms with Gasteiger partial charge in [0.15, 0.2) is 0 Å². The fourth-order valence-electron chi connectivity index (χ4n) is 2.78. The number of nitrogens with two attached hydrogens (primary N) is 1. The maximum atomic E-state index is 12.7. The molecule has 4 nitrogen and oxygen atoms in total. The second kappa shape index (κ2) is 5.48. The van der Waals surface area contributed by atoms with Gasteiger partial charge in [0.25, 0.3) is 5.91 Å². The highest BCUT2D eigenvalue weighted by molar-refractivity contribution is 9.10. The van der Waals surface area contributed by atoms with Crippen LogP contribution in [0.25, 0.3) is 0 Å². The monoisotopic (exact) mass is 345 g/mol. The number of benzene rings is 1. The van der Waals surface area contributed by atoms with Gasteiger partial charge in [-0.1, -0.05) is 24.3 Å². The van der Waals surface area contributed by atoms with E-state index in [1.54, 1.807) is 6.07 Å². The minimum atomic E-state index is -0.00907. The average molecular weight is 346 g/mol. The molecule has 1 aliphatic heterocycles. The van der Waals surface area contributed by atoms with E-state index in [1.165, 1.54) is 17.3 Å². The van der Waals surface area contributed by atoms with E-state index in [9.17, 15) is 4.79 Å². The molecular formula is C16H16BrN3O. The van der Waals surface area contributed by atoms with E-state index in [-0.39, 0.29) is 11.9 Å². The molecule has 0 saturated carbocycles. The summed E-state index contributed by atoms with van der Waals surface area (Å²) in [5.74, 6) is 0.383. The average Bonchev–Trinajstić information content (AvgIpc) is 2.50. The van der Waals surface area contributed by atoms with Crippen LogP contribution in [0.5, 0.6) is 0 Å². The zero-order valence-electron chi connectivity index (χ0n) is 11.7. The quantitative estimate of drug-likeness (QED) is 0.863. The fourth-order valence-corrected chi connectivity index (χ4v) is 3.13. The first kappa shape index (κ1) is 14.1. The molecule has 0 unspecified atom stereocenters. The van der Waals surface area contributed by atoms with Crippen LogP contribution in [0.4, 0.5) is 5.82 Å². The molecule has 2 N–H and O–H groups in total. The SMILES string of the molecule is C[C@@H]1c2ccccc2CCN1C(=O)c1cnc(N)c(Br)c1. The first-order valence-electron chi connectivity index (χ1n) is 6.87. The molecule has 0 radical (unpaired) electrons. The van der Waals surface area contributed by atoms with Crippen LogP contribution in [0.1, 0.15) is 34.5 Å². The smallest absolute Gasteiger partial charge is 0.255 e. The minimum Gasteiger partial charge on any atom is -0.383 e. The molecule has 0 spiro atoms. The van der Waals surface area contributed by atoms with Gasteiger partial charge in [0, 0.05) is 12.7 Å². The van der Waals surface area contributed by atoms with Crippen molar-refractivity contribution in [3.05, 3.63) is 57.7 Å². The second-order valence-electron chi connectivity index (χ2n) is 5.21. The Morgan fingerprint density at radius 2 is 2.19 bits per heavy atom. The Balaban J connectivity index is 1.91. The van der Waals surface area contributed by atoms with Gasteiger partial charge < -0.3 is 10.6 Å². The summed E-state index contributed by atoms with van der Waals surface area (Å²) in [6.45, 7) is 2.79. The number of pyridine rings is 1. The largest absolute Gasteiger partial charge is 0.383 e. The number of hydrogen-bond donors (Lipinski definition) is 1. The third-order valence-corrected chi connectivity index (χ3v) is 4.61. The van der Waals surface area contributed by atoms with E-state index in [0.717, 1.165) is 13.0 Å². The van der Waals surface area contributed by atoms with Gasteiger partial charge in [-0.2, -0.15) is 0 Å². The summed E-state index contributed by atoms with van der Waals surface area (Å²) >= 11 is 3.32. The van der Waals surface area contributed by atoms with E-state index in [1.807, 2.05) is 17.0 Å². The zero-order valence-corrected chi connectivity index (χ0v) is 13.3. The summed E-state index contributed by atoms with van der Waals surface area (Å²) in [5.41, 5.74) is 8.78. The molecule has 3 rings (SSSR count). The lowest BCUT2D eigenvalue weighted by atomic mass is 9.93. The van der Waals surface area contributed by atoms with E-state index >= 15 is 0 Å². The Kier molecular flexibility index (Phi) is 3.68. The summed E-state index contributed by atoms with van der Waals surface area (Å²) in [7, 11) is 0. The number of anilines is 1. The number of hydrogen-bond acceptors (Lipinski definition) is 3. The number of fused-ring (bicyclic) bond motifs is 1. The van der Waals surface area contributed by atoms with Crippen molar-refractivity contribution in [2.75, 3.05) is 12.3 Å². The highest BCUT2D eigenvalue weighted by atomic mass is 79.9. The van der Waals surface area contributed by atoms with Gasteiger partial charge in [-0.15, -0.1) is 0 Å². The molecule has 1 aliphatic rings. The number of halogens is 1. The van der Waals surface area contributed by atoms with Crippen molar-refractivity contribution < 1.29 is 4.79 Å². The maximum absolute atomic E-state index is 12.7. The summed E-state index contributed by atoms with van der Waals surface area (Å²) < 4.78 is 0.651. The van der Waals surface area contributed by atoms with E-state index in [4.69, 9.17) is 5.73 Å². The third-order valence-electron chi connectivity index (χ3n) is 3.97. The zero-order chi connectivity index (χ0) is 15.0. The number of carbonyl (C=O) groups excluding carboxylic acids is 1. The number of aromatic nitrogens is 1. The van der Waals surface area contributed by atoms with Gasteiger partial charge in [0.2, 0.25) is 0 Å². The van der Waals surface area contributed by atoms with Crippen LogP contribution in [0, 0.1) is 0 Å². The van der Waals surface area contributed by atoms with Crippen molar-refractivity contribution in [1.82, 2.24) is 9.88 Å². The molecular weight excluding hydrogens is 330 g/mol. The number of nitrogen functional groups attached to an aromatic ring is 1. The first-order valence-corrected chi connectivity index (χ1v) is 7.67. The highest BCUT2D eigenvalue weighted by Crippen LogP contribution is 2.30. The molecule has 0 saturated heterocycles. The normalized spacial score (nSPS) is 17.4. The van der Waals surface area contributed by atoms with Crippen molar-refractivity contribution >= 4 is 27.7 Å². The van der Waals surface area contributed by atoms with Crippen molar-refractivity contribution in [3.8, 4) is 0 Å². The Morgan fingerprint density at radius 1 is 1.43 bits per heavy atom. The molecule has 1 aromatic heterocycles. The van der Waals surface area contributed by atoms with Gasteiger partial charge in [-0.3, -0.25) is 4.79 Å². The molecule has 0 aliphatic carbocycles. The van der Waals surface area contributed by atoms with Crippen LogP contribution >= 0.6 is 15.9 Å². The van der Waals surface area contributed by atoms with E-state index in [2.05, 4.69) is 40.0 Å². The molecule has 0 fully saturated rings. The number of rotatable bonds is 1. The molecule has 1 aromatic carbocycles. The predicted molar refractivity (Wildman–Crippen MR) is 85.9 cm³/mol. The number of amides is 1. The van der Waals surface area contributed by atoms with Crippen molar-refractivity contribution in [3.63, 3.8) is 0 Å².